The van der Waals surface area contributed by atoms with E-state index in [9.17, 15) is 14.7 Å². The second-order valence-electron chi connectivity index (χ2n) is 5.85. The van der Waals surface area contributed by atoms with Gasteiger partial charge in [0.2, 0.25) is 0 Å². The van der Waals surface area contributed by atoms with E-state index in [-0.39, 0.29) is 10.0 Å². The van der Waals surface area contributed by atoms with Gasteiger partial charge in [0.15, 0.2) is 0 Å². The number of aliphatic carboxylic acids is 1. The first-order valence-electron chi connectivity index (χ1n) is 7.67. The molecule has 3 aromatic rings. The van der Waals surface area contributed by atoms with Crippen molar-refractivity contribution in [2.75, 3.05) is 0 Å². The van der Waals surface area contributed by atoms with Gasteiger partial charge in [-0.15, -0.1) is 5.10 Å². The Morgan fingerprint density at radius 3 is 2.81 bits per heavy atom. The number of carbonyl (C=O) groups is 1. The number of tetrazole rings is 1. The molecular formula is C16H11BrClN5O3. The summed E-state index contributed by atoms with van der Waals surface area (Å²) >= 11 is 9.50. The molecule has 0 bridgehead atoms. The molecule has 3 heterocycles. The standard InChI is InChI=1S/C16H11BrClN5O3/c17-14-11(6-9-2-4-13(16(25)26)23(9)15(14)24)10-5-8(18)1-3-12(10)22-7-19-20-21-22/h1,3,5-7,13H,2,4H2,(H,25,26). The fourth-order valence-electron chi connectivity index (χ4n) is 3.22. The number of fused-ring (bicyclic) bond motifs is 1. The molecule has 10 heteroatoms. The van der Waals surface area contributed by atoms with Gasteiger partial charge in [-0.2, -0.15) is 4.68 Å². The van der Waals surface area contributed by atoms with Crippen LogP contribution in [0, 0.1) is 0 Å². The summed E-state index contributed by atoms with van der Waals surface area (Å²) in [5.41, 5.74) is 2.21. The molecule has 132 valence electrons. The molecular weight excluding hydrogens is 426 g/mol. The first kappa shape index (κ1) is 16.9. The lowest BCUT2D eigenvalue weighted by atomic mass is 10.0. The molecule has 1 aliphatic heterocycles. The number of aryl methyl sites for hydroxylation is 1. The van der Waals surface area contributed by atoms with Crippen LogP contribution in [0.2, 0.25) is 5.02 Å². The van der Waals surface area contributed by atoms with Crippen LogP contribution < -0.4 is 5.56 Å². The van der Waals surface area contributed by atoms with Crippen LogP contribution in [0.15, 0.2) is 39.9 Å². The summed E-state index contributed by atoms with van der Waals surface area (Å²) < 4.78 is 3.08. The van der Waals surface area contributed by atoms with E-state index in [2.05, 4.69) is 31.5 Å². The average Bonchev–Trinajstić information content (AvgIpc) is 3.27. The highest BCUT2D eigenvalue weighted by Crippen LogP contribution is 2.36. The number of benzene rings is 1. The number of rotatable bonds is 3. The number of carboxylic acids is 1. The summed E-state index contributed by atoms with van der Waals surface area (Å²) in [6, 6.07) is 6.15. The molecule has 0 fully saturated rings. The van der Waals surface area contributed by atoms with Gasteiger partial charge in [-0.25, -0.2) is 4.79 Å². The van der Waals surface area contributed by atoms with Gasteiger partial charge in [0.1, 0.15) is 12.4 Å². The molecule has 1 unspecified atom stereocenters. The third kappa shape index (κ3) is 2.63. The number of hydrogen-bond donors (Lipinski definition) is 1. The zero-order valence-corrected chi connectivity index (χ0v) is 15.5. The van der Waals surface area contributed by atoms with Crippen molar-refractivity contribution < 1.29 is 9.90 Å². The molecule has 0 aliphatic carbocycles. The molecule has 26 heavy (non-hydrogen) atoms. The molecule has 2 aromatic heterocycles. The van der Waals surface area contributed by atoms with Crippen molar-refractivity contribution in [1.82, 2.24) is 24.8 Å². The van der Waals surface area contributed by atoms with Gasteiger partial charge in [-0.05, 0) is 63.5 Å². The number of halogens is 2. The Kier molecular flexibility index (Phi) is 4.12. The van der Waals surface area contributed by atoms with E-state index < -0.39 is 12.0 Å². The fourth-order valence-corrected chi connectivity index (χ4v) is 3.92. The minimum absolute atomic E-state index is 0.269. The highest BCUT2D eigenvalue weighted by molar-refractivity contribution is 9.10. The smallest absolute Gasteiger partial charge is 0.326 e. The number of carboxylic acid groups (broad SMARTS) is 1. The van der Waals surface area contributed by atoms with Crippen molar-refractivity contribution in [2.45, 2.75) is 18.9 Å². The minimum Gasteiger partial charge on any atom is -0.480 e. The molecule has 4 rings (SSSR count). The lowest BCUT2D eigenvalue weighted by Gasteiger charge is -2.15. The quantitative estimate of drug-likeness (QED) is 0.676. The van der Waals surface area contributed by atoms with E-state index in [0.29, 0.717) is 40.4 Å². The Bertz CT molecular complexity index is 1080. The minimum atomic E-state index is -1.01. The second-order valence-corrected chi connectivity index (χ2v) is 7.08. The zero-order valence-electron chi connectivity index (χ0n) is 13.1. The molecule has 0 radical (unpaired) electrons. The fraction of sp³-hybridized carbons (Fsp3) is 0.188. The summed E-state index contributed by atoms with van der Waals surface area (Å²) in [6.45, 7) is 0. The van der Waals surface area contributed by atoms with Gasteiger partial charge in [0.25, 0.3) is 5.56 Å². The summed E-state index contributed by atoms with van der Waals surface area (Å²) in [6.07, 6.45) is 2.34. The van der Waals surface area contributed by atoms with Crippen LogP contribution in [0.5, 0.6) is 0 Å². The number of aromatic nitrogens is 5. The predicted octanol–water partition coefficient (Wildman–Crippen LogP) is 2.48. The Labute approximate surface area is 160 Å². The van der Waals surface area contributed by atoms with E-state index in [0.717, 1.165) is 0 Å². The van der Waals surface area contributed by atoms with Crippen molar-refractivity contribution in [3.8, 4) is 16.8 Å². The van der Waals surface area contributed by atoms with E-state index in [1.165, 1.54) is 15.6 Å². The van der Waals surface area contributed by atoms with Gasteiger partial charge in [0.05, 0.1) is 10.2 Å². The van der Waals surface area contributed by atoms with Crippen LogP contribution in [0.4, 0.5) is 0 Å². The predicted molar refractivity (Wildman–Crippen MR) is 96.6 cm³/mol. The van der Waals surface area contributed by atoms with Crippen molar-refractivity contribution in [2.24, 2.45) is 0 Å². The summed E-state index contributed by atoms with van der Waals surface area (Å²) in [5.74, 6) is -1.01. The third-order valence-electron chi connectivity index (χ3n) is 4.38. The van der Waals surface area contributed by atoms with Crippen molar-refractivity contribution in [1.29, 1.82) is 0 Å². The second kappa shape index (κ2) is 6.33. The molecule has 0 spiro atoms. The molecule has 8 nitrogen and oxygen atoms in total. The highest BCUT2D eigenvalue weighted by atomic mass is 79.9. The molecule has 1 aromatic carbocycles. The van der Waals surface area contributed by atoms with Crippen LogP contribution in [0.3, 0.4) is 0 Å². The summed E-state index contributed by atoms with van der Waals surface area (Å²) in [5, 5.41) is 21.0. The third-order valence-corrected chi connectivity index (χ3v) is 5.38. The Balaban J connectivity index is 1.97. The monoisotopic (exact) mass is 435 g/mol. The number of pyridine rings is 1. The van der Waals surface area contributed by atoms with Gasteiger partial charge < -0.3 is 5.11 Å². The van der Waals surface area contributed by atoms with Crippen LogP contribution >= 0.6 is 27.5 Å². The summed E-state index contributed by atoms with van der Waals surface area (Å²) in [4.78, 5) is 24.2. The Hall–Kier alpha value is -2.52. The molecule has 1 aliphatic rings. The molecule has 0 saturated carbocycles. The van der Waals surface area contributed by atoms with Crippen LogP contribution in [-0.4, -0.2) is 35.9 Å². The Morgan fingerprint density at radius 1 is 1.31 bits per heavy atom. The average molecular weight is 437 g/mol. The number of hydrogen-bond acceptors (Lipinski definition) is 5. The maximum absolute atomic E-state index is 12.8. The van der Waals surface area contributed by atoms with E-state index in [4.69, 9.17) is 11.6 Å². The molecule has 1 atom stereocenters. The first-order chi connectivity index (χ1) is 12.5. The Morgan fingerprint density at radius 2 is 2.12 bits per heavy atom. The lowest BCUT2D eigenvalue weighted by Crippen LogP contribution is -2.28. The number of nitrogens with zero attached hydrogens (tertiary/aromatic N) is 5. The maximum atomic E-state index is 12.8. The van der Waals surface area contributed by atoms with Crippen molar-refractivity contribution in [3.05, 3.63) is 56.1 Å². The van der Waals surface area contributed by atoms with Gasteiger partial charge in [-0.3, -0.25) is 9.36 Å². The molecule has 0 amide bonds. The molecule has 0 saturated heterocycles. The molecule has 1 N–H and O–H groups in total. The van der Waals surface area contributed by atoms with Gasteiger partial charge in [-0.1, -0.05) is 11.6 Å². The van der Waals surface area contributed by atoms with Crippen molar-refractivity contribution in [3.63, 3.8) is 0 Å². The topological polar surface area (TPSA) is 103 Å². The lowest BCUT2D eigenvalue weighted by molar-refractivity contribution is -0.140. The zero-order chi connectivity index (χ0) is 18.4. The van der Waals surface area contributed by atoms with Crippen LogP contribution in [0.1, 0.15) is 18.2 Å². The van der Waals surface area contributed by atoms with E-state index in [1.807, 2.05) is 6.07 Å². The van der Waals surface area contributed by atoms with Gasteiger partial charge >= 0.3 is 5.97 Å². The summed E-state index contributed by atoms with van der Waals surface area (Å²) in [7, 11) is 0. The maximum Gasteiger partial charge on any atom is 0.326 e. The largest absolute Gasteiger partial charge is 0.480 e. The van der Waals surface area contributed by atoms with Gasteiger partial charge in [0, 0.05) is 21.8 Å². The van der Waals surface area contributed by atoms with E-state index in [1.54, 1.807) is 18.2 Å². The first-order valence-corrected chi connectivity index (χ1v) is 8.84. The van der Waals surface area contributed by atoms with Crippen LogP contribution in [0.25, 0.3) is 16.8 Å². The SMILES string of the molecule is O=C(O)C1CCc2cc(-c3cc(Cl)ccc3-n3cnnn3)c(Br)c(=O)n21. The van der Waals surface area contributed by atoms with Crippen LogP contribution in [-0.2, 0) is 11.2 Å². The van der Waals surface area contributed by atoms with Crippen molar-refractivity contribution >= 4 is 33.5 Å². The highest BCUT2D eigenvalue weighted by Gasteiger charge is 2.31. The normalized spacial score (nSPS) is 15.8. The van der Waals surface area contributed by atoms with E-state index >= 15 is 0 Å².